The number of nitro groups is 1. The molecule has 3 aromatic heterocycles. The van der Waals surface area contributed by atoms with Gasteiger partial charge in [0.25, 0.3) is 0 Å². The van der Waals surface area contributed by atoms with Crippen LogP contribution < -0.4 is 0 Å². The third kappa shape index (κ3) is 2.89. The number of rotatable bonds is 4. The van der Waals surface area contributed by atoms with Crippen LogP contribution in [0.3, 0.4) is 0 Å². The maximum atomic E-state index is 12.8. The Morgan fingerprint density at radius 3 is 2.68 bits per heavy atom. The molecule has 0 bridgehead atoms. The zero-order chi connectivity index (χ0) is 17.4. The molecule has 10 heteroatoms. The Hall–Kier alpha value is -2.72. The normalized spacial score (nSPS) is 20.5. The van der Waals surface area contributed by atoms with Crippen molar-refractivity contribution in [2.24, 2.45) is 0 Å². The van der Waals surface area contributed by atoms with Crippen molar-refractivity contribution >= 4 is 40.0 Å². The zero-order valence-corrected chi connectivity index (χ0v) is 14.3. The van der Waals surface area contributed by atoms with Gasteiger partial charge in [0, 0.05) is 20.9 Å². The van der Waals surface area contributed by atoms with Gasteiger partial charge in [0.2, 0.25) is 0 Å². The smallest absolute Gasteiger partial charge is 0.390 e. The molecule has 4 rings (SSSR count). The Morgan fingerprint density at radius 1 is 1.24 bits per heavy atom. The molecule has 0 N–H and O–H groups in total. The Balaban J connectivity index is 1.77. The van der Waals surface area contributed by atoms with E-state index in [-0.39, 0.29) is 11.7 Å². The molecule has 0 saturated heterocycles. The molecule has 0 fully saturated rings. The molecular weight excluding hydrogens is 362 g/mol. The van der Waals surface area contributed by atoms with E-state index in [9.17, 15) is 14.9 Å². The first-order chi connectivity index (χ1) is 12.1. The molecule has 0 unspecified atom stereocenters. The van der Waals surface area contributed by atoms with Gasteiger partial charge in [-0.25, -0.2) is 0 Å². The van der Waals surface area contributed by atoms with E-state index in [0.29, 0.717) is 6.42 Å². The predicted molar refractivity (Wildman–Crippen MR) is 92.5 cm³/mol. The first kappa shape index (κ1) is 15.8. The number of ketones is 1. The summed E-state index contributed by atoms with van der Waals surface area (Å²) in [6.45, 7) is 0. The molecule has 0 radical (unpaired) electrons. The minimum atomic E-state index is -0.733. The lowest BCUT2D eigenvalue weighted by Gasteiger charge is -2.27. The van der Waals surface area contributed by atoms with Gasteiger partial charge in [-0.2, -0.15) is 0 Å². The molecule has 0 aliphatic heterocycles. The van der Waals surface area contributed by atoms with E-state index in [1.54, 1.807) is 28.7 Å². The van der Waals surface area contributed by atoms with Crippen LogP contribution in [0.1, 0.15) is 28.1 Å². The number of aromatic nitrogens is 4. The molecule has 0 spiro atoms. The Morgan fingerprint density at radius 2 is 2.04 bits per heavy atom. The van der Waals surface area contributed by atoms with Gasteiger partial charge in [-0.1, -0.05) is 16.9 Å². The molecule has 1 aliphatic rings. The second-order valence-corrected chi connectivity index (χ2v) is 7.41. The van der Waals surface area contributed by atoms with Crippen molar-refractivity contribution in [3.8, 4) is 0 Å². The summed E-state index contributed by atoms with van der Waals surface area (Å²) >= 11 is 3.12. The molecule has 1 aliphatic carbocycles. The zero-order valence-electron chi connectivity index (χ0n) is 12.7. The van der Waals surface area contributed by atoms with Gasteiger partial charge in [-0.15, -0.1) is 22.7 Å². The monoisotopic (exact) mass is 373 g/mol. The van der Waals surface area contributed by atoms with Crippen molar-refractivity contribution in [1.82, 2.24) is 20.2 Å². The number of thiophene rings is 2. The van der Waals surface area contributed by atoms with Gasteiger partial charge >= 0.3 is 5.95 Å². The van der Waals surface area contributed by atoms with Crippen LogP contribution in [0.25, 0.3) is 5.57 Å². The summed E-state index contributed by atoms with van der Waals surface area (Å²) < 4.78 is 0. The quantitative estimate of drug-likeness (QED) is 0.514. The first-order valence-electron chi connectivity index (χ1n) is 7.39. The largest absolute Gasteiger partial charge is 0.514 e. The summed E-state index contributed by atoms with van der Waals surface area (Å²) in [6, 6.07) is 7.07. The van der Waals surface area contributed by atoms with Gasteiger partial charge in [0.05, 0.1) is 10.2 Å². The molecule has 25 heavy (non-hydrogen) atoms. The van der Waals surface area contributed by atoms with Crippen molar-refractivity contribution in [3.63, 3.8) is 0 Å². The summed E-state index contributed by atoms with van der Waals surface area (Å²) in [6.07, 6.45) is 2.22. The minimum absolute atomic E-state index is 0.180. The fourth-order valence-electron chi connectivity index (χ4n) is 2.94. The van der Waals surface area contributed by atoms with Crippen LogP contribution in [-0.2, 0) is 4.79 Å². The van der Waals surface area contributed by atoms with E-state index in [4.69, 9.17) is 0 Å². The Bertz CT molecular complexity index is 946. The van der Waals surface area contributed by atoms with Crippen LogP contribution in [0.5, 0.6) is 0 Å². The molecule has 0 saturated carbocycles. The second-order valence-electron chi connectivity index (χ2n) is 5.49. The highest BCUT2D eigenvalue weighted by atomic mass is 32.1. The average molecular weight is 373 g/mol. The van der Waals surface area contributed by atoms with Crippen LogP contribution in [0.2, 0.25) is 0 Å². The Labute approximate surface area is 149 Å². The fraction of sp³-hybridized carbons (Fsp3) is 0.200. The van der Waals surface area contributed by atoms with E-state index in [1.165, 1.54) is 0 Å². The lowest BCUT2D eigenvalue weighted by Crippen LogP contribution is -2.30. The van der Waals surface area contributed by atoms with Crippen molar-refractivity contribution < 1.29 is 9.72 Å². The van der Waals surface area contributed by atoms with Crippen molar-refractivity contribution in [2.75, 3.05) is 0 Å². The molecule has 0 amide bonds. The second kappa shape index (κ2) is 6.30. The van der Waals surface area contributed by atoms with Gasteiger partial charge in [-0.3, -0.25) is 4.79 Å². The molecule has 2 atom stereocenters. The highest BCUT2D eigenvalue weighted by Gasteiger charge is 2.39. The topological polar surface area (TPSA) is 104 Å². The SMILES string of the molecule is O=C1C=C(c2cccs2)C[C@H](c2cccs2)[C@@H]1n1nnc([N+](=O)[O-])n1. The Kier molecular flexibility index (Phi) is 3.98. The minimum Gasteiger partial charge on any atom is -0.390 e. The van der Waals surface area contributed by atoms with E-state index >= 15 is 0 Å². The number of allylic oxidation sites excluding steroid dienone is 2. The summed E-state index contributed by atoms with van der Waals surface area (Å²) in [7, 11) is 0. The van der Waals surface area contributed by atoms with Crippen LogP contribution in [0, 0.1) is 10.1 Å². The highest BCUT2D eigenvalue weighted by molar-refractivity contribution is 7.11. The van der Waals surface area contributed by atoms with Crippen LogP contribution in [-0.4, -0.2) is 30.9 Å². The van der Waals surface area contributed by atoms with Gasteiger partial charge < -0.3 is 10.1 Å². The summed E-state index contributed by atoms with van der Waals surface area (Å²) in [5.74, 6) is -0.977. The molecule has 3 heterocycles. The first-order valence-corrected chi connectivity index (χ1v) is 9.15. The van der Waals surface area contributed by atoms with Gasteiger partial charge in [0.1, 0.15) is 0 Å². The standard InChI is InChI=1S/C15H11N5O3S2/c21-11-8-9(12-3-1-5-24-12)7-10(13-4-2-6-25-13)14(11)19-17-15(16-18-19)20(22)23/h1-6,8,10,14H,7H2/t10-,14+/m1/s1. The lowest BCUT2D eigenvalue weighted by molar-refractivity contribution is -0.394. The van der Waals surface area contributed by atoms with Crippen molar-refractivity contribution in [2.45, 2.75) is 18.4 Å². The summed E-state index contributed by atoms with van der Waals surface area (Å²) in [4.78, 5) is 26.1. The number of tetrazole rings is 1. The fourth-order valence-corrected chi connectivity index (χ4v) is 4.55. The van der Waals surface area contributed by atoms with E-state index < -0.39 is 16.9 Å². The van der Waals surface area contributed by atoms with E-state index in [1.807, 2.05) is 35.0 Å². The lowest BCUT2D eigenvalue weighted by atomic mass is 9.82. The third-order valence-electron chi connectivity index (χ3n) is 4.01. The molecule has 0 aromatic carbocycles. The number of hydrogen-bond acceptors (Lipinski definition) is 8. The molecular formula is C15H11N5O3S2. The van der Waals surface area contributed by atoms with Crippen LogP contribution >= 0.6 is 22.7 Å². The maximum absolute atomic E-state index is 12.8. The summed E-state index contributed by atoms with van der Waals surface area (Å²) in [5, 5.41) is 25.7. The number of carbonyl (C=O) groups excluding carboxylic acids is 1. The third-order valence-corrected chi connectivity index (χ3v) is 5.95. The molecule has 8 nitrogen and oxygen atoms in total. The molecule has 126 valence electrons. The highest BCUT2D eigenvalue weighted by Crippen LogP contribution is 2.43. The van der Waals surface area contributed by atoms with Crippen LogP contribution in [0.4, 0.5) is 5.95 Å². The maximum Gasteiger partial charge on any atom is 0.514 e. The van der Waals surface area contributed by atoms with E-state index in [0.717, 1.165) is 20.1 Å². The van der Waals surface area contributed by atoms with Crippen molar-refractivity contribution in [1.29, 1.82) is 0 Å². The van der Waals surface area contributed by atoms with Gasteiger partial charge in [-0.05, 0) is 45.9 Å². The average Bonchev–Trinajstić information content (AvgIpc) is 3.34. The van der Waals surface area contributed by atoms with Gasteiger partial charge in [0.15, 0.2) is 11.8 Å². The van der Waals surface area contributed by atoms with E-state index in [2.05, 4.69) is 15.4 Å². The number of hydrogen-bond donors (Lipinski definition) is 0. The number of nitrogens with zero attached hydrogens (tertiary/aromatic N) is 5. The van der Waals surface area contributed by atoms with Crippen molar-refractivity contribution in [3.05, 3.63) is 61.0 Å². The summed E-state index contributed by atoms with van der Waals surface area (Å²) in [5.41, 5.74) is 0.962. The number of carbonyl (C=O) groups is 1. The predicted octanol–water partition coefficient (Wildman–Crippen LogP) is 3.09. The van der Waals surface area contributed by atoms with Crippen LogP contribution in [0.15, 0.2) is 41.1 Å². The molecule has 3 aromatic rings.